The van der Waals surface area contributed by atoms with Crippen LogP contribution in [0.3, 0.4) is 0 Å². The average Bonchev–Trinajstić information content (AvgIpc) is 2.95. The average molecular weight is 236 g/mol. The maximum absolute atomic E-state index is 4.32. The van der Waals surface area contributed by atoms with E-state index in [1.54, 1.807) is 0 Å². The second-order valence-corrected chi connectivity index (χ2v) is 5.16. The second kappa shape index (κ2) is 5.63. The van der Waals surface area contributed by atoms with Gasteiger partial charge in [0.15, 0.2) is 0 Å². The number of nitrogens with zero attached hydrogens (tertiary/aromatic N) is 3. The molecule has 0 spiro atoms. The van der Waals surface area contributed by atoms with Crippen molar-refractivity contribution in [3.8, 4) is 0 Å². The molecule has 1 atom stereocenters. The second-order valence-electron chi connectivity index (χ2n) is 5.16. The first kappa shape index (κ1) is 12.6. The van der Waals surface area contributed by atoms with E-state index in [0.29, 0.717) is 12.1 Å². The monoisotopic (exact) mass is 236 g/mol. The van der Waals surface area contributed by atoms with Crippen molar-refractivity contribution < 1.29 is 0 Å². The van der Waals surface area contributed by atoms with Gasteiger partial charge >= 0.3 is 0 Å². The van der Waals surface area contributed by atoms with Crippen LogP contribution in [0.2, 0.25) is 0 Å². The Kier molecular flexibility index (Phi) is 4.15. The van der Waals surface area contributed by atoms with Crippen molar-refractivity contribution >= 4 is 0 Å². The predicted molar refractivity (Wildman–Crippen MR) is 68.9 cm³/mol. The Labute approximate surface area is 104 Å². The highest BCUT2D eigenvalue weighted by Crippen LogP contribution is 2.30. The SMILES string of the molecule is CCC(C)NCc1nnc(C)n1C1CCCC1. The molecule has 1 fully saturated rings. The van der Waals surface area contributed by atoms with Gasteiger partial charge in [-0.05, 0) is 33.1 Å². The normalized spacial score (nSPS) is 18.8. The van der Waals surface area contributed by atoms with E-state index in [1.165, 1.54) is 25.7 Å². The summed E-state index contributed by atoms with van der Waals surface area (Å²) in [5, 5.41) is 12.1. The highest BCUT2D eigenvalue weighted by molar-refractivity contribution is 4.98. The summed E-state index contributed by atoms with van der Waals surface area (Å²) in [6.45, 7) is 7.32. The minimum absolute atomic E-state index is 0.545. The largest absolute Gasteiger partial charge is 0.311 e. The van der Waals surface area contributed by atoms with Crippen LogP contribution in [0.25, 0.3) is 0 Å². The minimum atomic E-state index is 0.545. The first-order valence-corrected chi connectivity index (χ1v) is 6.86. The lowest BCUT2D eigenvalue weighted by molar-refractivity contribution is 0.456. The summed E-state index contributed by atoms with van der Waals surface area (Å²) in [4.78, 5) is 0. The smallest absolute Gasteiger partial charge is 0.147 e. The van der Waals surface area contributed by atoms with Crippen LogP contribution in [0.4, 0.5) is 0 Å². The van der Waals surface area contributed by atoms with E-state index in [2.05, 4.69) is 40.9 Å². The molecule has 1 N–H and O–H groups in total. The van der Waals surface area contributed by atoms with Gasteiger partial charge in [0, 0.05) is 12.1 Å². The zero-order chi connectivity index (χ0) is 12.3. The number of hydrogen-bond donors (Lipinski definition) is 1. The minimum Gasteiger partial charge on any atom is -0.311 e. The van der Waals surface area contributed by atoms with Crippen molar-refractivity contribution in [2.75, 3.05) is 0 Å². The lowest BCUT2D eigenvalue weighted by Crippen LogP contribution is -2.27. The van der Waals surface area contributed by atoms with Gasteiger partial charge in [-0.15, -0.1) is 10.2 Å². The lowest BCUT2D eigenvalue weighted by atomic mass is 10.2. The Bertz CT molecular complexity index is 352. The number of nitrogens with one attached hydrogen (secondary N) is 1. The van der Waals surface area contributed by atoms with E-state index >= 15 is 0 Å². The quantitative estimate of drug-likeness (QED) is 0.854. The number of rotatable bonds is 5. The van der Waals surface area contributed by atoms with E-state index < -0.39 is 0 Å². The molecule has 0 saturated heterocycles. The molecule has 96 valence electrons. The first-order chi connectivity index (χ1) is 8.22. The van der Waals surface area contributed by atoms with Crippen LogP contribution in [0.1, 0.15) is 63.6 Å². The van der Waals surface area contributed by atoms with Crippen molar-refractivity contribution in [2.24, 2.45) is 0 Å². The fourth-order valence-electron chi connectivity index (χ4n) is 2.58. The highest BCUT2D eigenvalue weighted by Gasteiger charge is 2.22. The predicted octanol–water partition coefficient (Wildman–Crippen LogP) is 2.59. The lowest BCUT2D eigenvalue weighted by Gasteiger charge is -2.17. The van der Waals surface area contributed by atoms with Gasteiger partial charge in [-0.3, -0.25) is 0 Å². The summed E-state index contributed by atoms with van der Waals surface area (Å²) in [5.41, 5.74) is 0. The van der Waals surface area contributed by atoms with Gasteiger partial charge in [-0.25, -0.2) is 0 Å². The van der Waals surface area contributed by atoms with Crippen LogP contribution >= 0.6 is 0 Å². The third kappa shape index (κ3) is 2.86. The van der Waals surface area contributed by atoms with Crippen molar-refractivity contribution in [1.29, 1.82) is 0 Å². The molecule has 17 heavy (non-hydrogen) atoms. The molecule has 4 nitrogen and oxygen atoms in total. The third-order valence-electron chi connectivity index (χ3n) is 3.85. The van der Waals surface area contributed by atoms with Gasteiger partial charge in [0.05, 0.1) is 6.54 Å². The van der Waals surface area contributed by atoms with E-state index in [-0.39, 0.29) is 0 Å². The molecule has 1 heterocycles. The molecule has 1 aliphatic rings. The van der Waals surface area contributed by atoms with Crippen molar-refractivity contribution in [3.63, 3.8) is 0 Å². The summed E-state index contributed by atoms with van der Waals surface area (Å²) in [6, 6.07) is 1.18. The summed E-state index contributed by atoms with van der Waals surface area (Å²) >= 11 is 0. The number of hydrogen-bond acceptors (Lipinski definition) is 3. The molecule has 1 saturated carbocycles. The molecule has 2 rings (SSSR count). The zero-order valence-corrected chi connectivity index (χ0v) is 11.2. The molecule has 0 amide bonds. The van der Waals surface area contributed by atoms with Crippen molar-refractivity contribution in [2.45, 2.75) is 71.5 Å². The molecule has 0 aromatic carbocycles. The molecule has 1 aromatic heterocycles. The fraction of sp³-hybridized carbons (Fsp3) is 0.846. The number of aromatic nitrogens is 3. The van der Waals surface area contributed by atoms with E-state index in [0.717, 1.165) is 24.6 Å². The Morgan fingerprint density at radius 1 is 1.35 bits per heavy atom. The van der Waals surface area contributed by atoms with E-state index in [1.807, 2.05) is 0 Å². The Balaban J connectivity index is 2.06. The Morgan fingerprint density at radius 3 is 2.71 bits per heavy atom. The molecule has 4 heteroatoms. The maximum Gasteiger partial charge on any atom is 0.147 e. The molecule has 1 aliphatic carbocycles. The van der Waals surface area contributed by atoms with Crippen molar-refractivity contribution in [3.05, 3.63) is 11.6 Å². The highest BCUT2D eigenvalue weighted by atomic mass is 15.3. The Hall–Kier alpha value is -0.900. The van der Waals surface area contributed by atoms with Gasteiger partial charge in [0.2, 0.25) is 0 Å². The summed E-state index contributed by atoms with van der Waals surface area (Å²) in [6.07, 6.45) is 6.42. The fourth-order valence-corrected chi connectivity index (χ4v) is 2.58. The van der Waals surface area contributed by atoms with Gasteiger partial charge in [-0.1, -0.05) is 19.8 Å². The zero-order valence-electron chi connectivity index (χ0n) is 11.2. The number of aryl methyl sites for hydroxylation is 1. The van der Waals surface area contributed by atoms with Crippen LogP contribution in [0, 0.1) is 6.92 Å². The van der Waals surface area contributed by atoms with Gasteiger partial charge in [0.1, 0.15) is 11.6 Å². The van der Waals surface area contributed by atoms with Gasteiger partial charge in [-0.2, -0.15) is 0 Å². The summed E-state index contributed by atoms with van der Waals surface area (Å²) in [7, 11) is 0. The molecular formula is C13H24N4. The van der Waals surface area contributed by atoms with Gasteiger partial charge in [0.25, 0.3) is 0 Å². The van der Waals surface area contributed by atoms with Crippen LogP contribution in [0.5, 0.6) is 0 Å². The van der Waals surface area contributed by atoms with Crippen molar-refractivity contribution in [1.82, 2.24) is 20.1 Å². The van der Waals surface area contributed by atoms with Crippen LogP contribution < -0.4 is 5.32 Å². The van der Waals surface area contributed by atoms with Gasteiger partial charge < -0.3 is 9.88 Å². The molecule has 0 bridgehead atoms. The molecule has 0 radical (unpaired) electrons. The summed E-state index contributed by atoms with van der Waals surface area (Å²) < 4.78 is 2.35. The Morgan fingerprint density at radius 2 is 2.06 bits per heavy atom. The topological polar surface area (TPSA) is 42.7 Å². The van der Waals surface area contributed by atoms with Crippen LogP contribution in [-0.4, -0.2) is 20.8 Å². The van der Waals surface area contributed by atoms with E-state index in [4.69, 9.17) is 0 Å². The molecular weight excluding hydrogens is 212 g/mol. The third-order valence-corrected chi connectivity index (χ3v) is 3.85. The van der Waals surface area contributed by atoms with Crippen LogP contribution in [-0.2, 0) is 6.54 Å². The van der Waals surface area contributed by atoms with Crippen LogP contribution in [0.15, 0.2) is 0 Å². The molecule has 1 unspecified atom stereocenters. The first-order valence-electron chi connectivity index (χ1n) is 6.86. The summed E-state index contributed by atoms with van der Waals surface area (Å²) in [5.74, 6) is 2.17. The maximum atomic E-state index is 4.32. The van der Waals surface area contributed by atoms with E-state index in [9.17, 15) is 0 Å². The molecule has 1 aromatic rings. The molecule has 0 aliphatic heterocycles. The standard InChI is InChI=1S/C13H24N4/c1-4-10(2)14-9-13-16-15-11(3)17(13)12-7-5-6-8-12/h10,12,14H,4-9H2,1-3H3.